The van der Waals surface area contributed by atoms with Gasteiger partial charge in [0.1, 0.15) is 0 Å². The first-order chi connectivity index (χ1) is 7.28. The zero-order chi connectivity index (χ0) is 12.8. The normalized spacial score (nSPS) is 13.8. The maximum absolute atomic E-state index is 11.2. The van der Waals surface area contributed by atoms with E-state index < -0.39 is 22.1 Å². The summed E-state index contributed by atoms with van der Waals surface area (Å²) in [4.78, 5) is 11.2. The predicted octanol–water partition coefficient (Wildman–Crippen LogP) is -0.616. The van der Waals surface area contributed by atoms with Crippen LogP contribution in [0, 0.1) is 5.92 Å². The summed E-state index contributed by atoms with van der Waals surface area (Å²) in [6, 6.07) is -0.591. The first-order valence-corrected chi connectivity index (χ1v) is 6.51. The minimum absolute atomic E-state index is 0.0436. The molecule has 0 spiro atoms. The Bertz CT molecular complexity index is 314. The van der Waals surface area contributed by atoms with Gasteiger partial charge in [-0.3, -0.25) is 14.6 Å². The van der Waals surface area contributed by atoms with Gasteiger partial charge in [-0.1, -0.05) is 13.8 Å². The van der Waals surface area contributed by atoms with E-state index in [0.717, 1.165) is 0 Å². The van der Waals surface area contributed by atoms with Crippen LogP contribution in [0.2, 0.25) is 0 Å². The van der Waals surface area contributed by atoms with Crippen molar-refractivity contribution in [1.29, 1.82) is 0 Å². The number of rotatable bonds is 7. The Kier molecular flexibility index (Phi) is 6.49. The summed E-state index contributed by atoms with van der Waals surface area (Å²) >= 11 is 0. The Labute approximate surface area is 94.9 Å². The third-order valence-electron chi connectivity index (χ3n) is 2.00. The molecule has 1 amide bonds. The number of hydrogen-bond donors (Lipinski definition) is 4. The van der Waals surface area contributed by atoms with E-state index in [2.05, 4.69) is 5.32 Å². The number of nitrogens with one attached hydrogen (secondary N) is 2. The highest BCUT2D eigenvalue weighted by atomic mass is 32.2. The molecule has 0 saturated heterocycles. The molecule has 8 heteroatoms. The quantitative estimate of drug-likeness (QED) is 0.208. The van der Waals surface area contributed by atoms with Gasteiger partial charge in [-0.25, -0.2) is 5.48 Å². The predicted molar refractivity (Wildman–Crippen MR) is 57.6 cm³/mol. The molecule has 0 aromatic rings. The fourth-order valence-electron chi connectivity index (χ4n) is 1.21. The number of carbonyl (C=O) groups is 1. The molecule has 0 fully saturated rings. The van der Waals surface area contributed by atoms with E-state index in [0.29, 0.717) is 0 Å². The van der Waals surface area contributed by atoms with E-state index in [1.165, 1.54) is 5.48 Å². The maximum atomic E-state index is 11.2. The lowest BCUT2D eigenvalue weighted by Gasteiger charge is -2.19. The number of amides is 1. The van der Waals surface area contributed by atoms with E-state index in [4.69, 9.17) is 9.76 Å². The van der Waals surface area contributed by atoms with Gasteiger partial charge >= 0.3 is 0 Å². The lowest BCUT2D eigenvalue weighted by Crippen LogP contribution is -2.47. The van der Waals surface area contributed by atoms with Crippen molar-refractivity contribution in [1.82, 2.24) is 10.8 Å². The SMILES string of the molecule is CC(C)[C@H](NCCCS(=O)(=O)O)C(=O)NO. The van der Waals surface area contributed by atoms with Gasteiger partial charge in [0.15, 0.2) is 0 Å². The summed E-state index contributed by atoms with van der Waals surface area (Å²) < 4.78 is 29.3. The van der Waals surface area contributed by atoms with Crippen molar-refractivity contribution >= 4 is 16.0 Å². The van der Waals surface area contributed by atoms with Crippen molar-refractivity contribution in [3.05, 3.63) is 0 Å². The van der Waals surface area contributed by atoms with Crippen molar-refractivity contribution in [3.63, 3.8) is 0 Å². The second-order valence-corrected chi connectivity index (χ2v) is 5.36. The van der Waals surface area contributed by atoms with Gasteiger partial charge in [0.2, 0.25) is 0 Å². The summed E-state index contributed by atoms with van der Waals surface area (Å²) in [5.74, 6) is -0.967. The van der Waals surface area contributed by atoms with Crippen LogP contribution in [0.1, 0.15) is 20.3 Å². The first-order valence-electron chi connectivity index (χ1n) is 4.90. The van der Waals surface area contributed by atoms with Crippen molar-refractivity contribution < 1.29 is 23.0 Å². The summed E-state index contributed by atoms with van der Waals surface area (Å²) in [5, 5.41) is 11.3. The molecular weight excluding hydrogens is 236 g/mol. The van der Waals surface area contributed by atoms with Crippen molar-refractivity contribution in [2.45, 2.75) is 26.3 Å². The molecule has 0 aliphatic carbocycles. The highest BCUT2D eigenvalue weighted by Crippen LogP contribution is 2.01. The third kappa shape index (κ3) is 6.72. The Morgan fingerprint density at radius 3 is 2.31 bits per heavy atom. The summed E-state index contributed by atoms with van der Waals surface area (Å²) in [7, 11) is -3.96. The molecule has 1 atom stereocenters. The fraction of sp³-hybridized carbons (Fsp3) is 0.875. The monoisotopic (exact) mass is 254 g/mol. The molecule has 0 radical (unpaired) electrons. The maximum Gasteiger partial charge on any atom is 0.264 e. The molecule has 4 N–H and O–H groups in total. The molecule has 0 rings (SSSR count). The Morgan fingerprint density at radius 1 is 1.38 bits per heavy atom. The third-order valence-corrected chi connectivity index (χ3v) is 2.81. The van der Waals surface area contributed by atoms with Crippen molar-refractivity contribution in [2.24, 2.45) is 5.92 Å². The van der Waals surface area contributed by atoms with Gasteiger partial charge in [0.25, 0.3) is 16.0 Å². The molecule has 0 saturated carbocycles. The number of hydroxylamine groups is 1. The average molecular weight is 254 g/mol. The van der Waals surface area contributed by atoms with Crippen LogP contribution in [0.5, 0.6) is 0 Å². The molecule has 0 aromatic carbocycles. The van der Waals surface area contributed by atoms with Crippen LogP contribution in [0.15, 0.2) is 0 Å². The van der Waals surface area contributed by atoms with Crippen LogP contribution >= 0.6 is 0 Å². The van der Waals surface area contributed by atoms with Crippen LogP contribution in [-0.2, 0) is 14.9 Å². The summed E-state index contributed by atoms with van der Waals surface area (Å²) in [5.41, 5.74) is 1.53. The van der Waals surface area contributed by atoms with Crippen molar-refractivity contribution in [2.75, 3.05) is 12.3 Å². The van der Waals surface area contributed by atoms with Crippen LogP contribution in [0.3, 0.4) is 0 Å². The smallest absolute Gasteiger partial charge is 0.264 e. The second-order valence-electron chi connectivity index (χ2n) is 3.79. The van der Waals surface area contributed by atoms with Gasteiger partial charge in [0.05, 0.1) is 11.8 Å². The summed E-state index contributed by atoms with van der Waals surface area (Å²) in [6.45, 7) is 3.83. The molecule has 0 aliphatic heterocycles. The largest absolute Gasteiger partial charge is 0.306 e. The van der Waals surface area contributed by atoms with Crippen LogP contribution in [-0.4, -0.2) is 42.4 Å². The fourth-order valence-corrected chi connectivity index (χ4v) is 1.72. The first kappa shape index (κ1) is 15.3. The van der Waals surface area contributed by atoms with E-state index in [1.54, 1.807) is 13.8 Å². The van der Waals surface area contributed by atoms with Gasteiger partial charge in [-0.2, -0.15) is 8.42 Å². The minimum atomic E-state index is -3.96. The summed E-state index contributed by atoms with van der Waals surface area (Å²) in [6.07, 6.45) is 0.195. The zero-order valence-corrected chi connectivity index (χ0v) is 10.1. The van der Waals surface area contributed by atoms with Gasteiger partial charge < -0.3 is 5.32 Å². The lowest BCUT2D eigenvalue weighted by atomic mass is 10.0. The Hall–Kier alpha value is -0.700. The number of hydrogen-bond acceptors (Lipinski definition) is 5. The number of carbonyl (C=O) groups excluding carboxylic acids is 1. The van der Waals surface area contributed by atoms with Crippen LogP contribution < -0.4 is 10.8 Å². The average Bonchev–Trinajstić information content (AvgIpc) is 2.14. The second kappa shape index (κ2) is 6.79. The molecule has 0 unspecified atom stereocenters. The minimum Gasteiger partial charge on any atom is -0.306 e. The van der Waals surface area contributed by atoms with Gasteiger partial charge in [-0.15, -0.1) is 0 Å². The molecular formula is C8H18N2O5S. The van der Waals surface area contributed by atoms with Gasteiger partial charge in [-0.05, 0) is 18.9 Å². The molecule has 0 bridgehead atoms. The lowest BCUT2D eigenvalue weighted by molar-refractivity contribution is -0.132. The molecule has 16 heavy (non-hydrogen) atoms. The molecule has 0 heterocycles. The topological polar surface area (TPSA) is 116 Å². The highest BCUT2D eigenvalue weighted by Gasteiger charge is 2.20. The van der Waals surface area contributed by atoms with Crippen LogP contribution in [0.25, 0.3) is 0 Å². The van der Waals surface area contributed by atoms with Gasteiger partial charge in [0, 0.05) is 0 Å². The standard InChI is InChI=1S/C8H18N2O5S/c1-6(2)7(8(11)10-12)9-4-3-5-16(13,14)15/h6-7,9,12H,3-5H2,1-2H3,(H,10,11)(H,13,14,15)/t7-/m0/s1. The van der Waals surface area contributed by atoms with E-state index in [9.17, 15) is 13.2 Å². The zero-order valence-electron chi connectivity index (χ0n) is 9.30. The van der Waals surface area contributed by atoms with Crippen molar-refractivity contribution in [3.8, 4) is 0 Å². The highest BCUT2D eigenvalue weighted by molar-refractivity contribution is 7.85. The van der Waals surface area contributed by atoms with E-state index in [1.807, 2.05) is 0 Å². The molecule has 96 valence electrons. The molecule has 0 aromatic heterocycles. The molecule has 7 nitrogen and oxygen atoms in total. The molecule has 0 aliphatic rings. The Morgan fingerprint density at radius 2 is 1.94 bits per heavy atom. The van der Waals surface area contributed by atoms with E-state index in [-0.39, 0.29) is 24.6 Å². The van der Waals surface area contributed by atoms with E-state index >= 15 is 0 Å². The Balaban J connectivity index is 4.00. The van der Waals surface area contributed by atoms with Crippen LogP contribution in [0.4, 0.5) is 0 Å².